The van der Waals surface area contributed by atoms with Crippen molar-refractivity contribution in [1.29, 1.82) is 0 Å². The summed E-state index contributed by atoms with van der Waals surface area (Å²) in [4.78, 5) is 0. The van der Waals surface area contributed by atoms with Crippen LogP contribution >= 0.6 is 0 Å². The maximum Gasteiger partial charge on any atom is 0.0659 e. The van der Waals surface area contributed by atoms with E-state index in [1.165, 1.54) is 22.3 Å². The van der Waals surface area contributed by atoms with Crippen molar-refractivity contribution in [1.82, 2.24) is 15.1 Å². The van der Waals surface area contributed by atoms with E-state index in [4.69, 9.17) is 0 Å². The van der Waals surface area contributed by atoms with Gasteiger partial charge in [-0.3, -0.25) is 4.68 Å². The Morgan fingerprint density at radius 1 is 1.10 bits per heavy atom. The van der Waals surface area contributed by atoms with Crippen molar-refractivity contribution in [3.05, 3.63) is 52.3 Å². The molecule has 0 spiro atoms. The third-order valence-electron chi connectivity index (χ3n) is 3.77. The molecule has 21 heavy (non-hydrogen) atoms. The normalized spacial score (nSPS) is 11.9. The van der Waals surface area contributed by atoms with Crippen molar-refractivity contribution in [3.8, 4) is 0 Å². The van der Waals surface area contributed by atoms with Crippen LogP contribution in [0.25, 0.3) is 0 Å². The molecule has 1 heterocycles. The molecule has 1 aromatic heterocycles. The summed E-state index contributed by atoms with van der Waals surface area (Å²) in [6.45, 7) is 14.6. The lowest BCUT2D eigenvalue weighted by Gasteiger charge is -2.20. The lowest BCUT2D eigenvalue weighted by molar-refractivity contribution is 0.423. The van der Waals surface area contributed by atoms with Crippen LogP contribution in [0.1, 0.15) is 48.7 Å². The van der Waals surface area contributed by atoms with Crippen molar-refractivity contribution in [3.63, 3.8) is 0 Å². The molecular formula is C18H27N3. The molecule has 1 N–H and O–H groups in total. The molecule has 0 aliphatic rings. The van der Waals surface area contributed by atoms with Crippen LogP contribution in [0.2, 0.25) is 0 Å². The molecule has 0 bridgehead atoms. The molecule has 2 aromatic rings. The molecular weight excluding hydrogens is 258 g/mol. The number of hydrogen-bond donors (Lipinski definition) is 1. The van der Waals surface area contributed by atoms with Crippen molar-refractivity contribution in [2.24, 2.45) is 0 Å². The minimum atomic E-state index is 0.128. The van der Waals surface area contributed by atoms with Gasteiger partial charge >= 0.3 is 0 Å². The van der Waals surface area contributed by atoms with Gasteiger partial charge in [0.15, 0.2) is 0 Å². The van der Waals surface area contributed by atoms with Crippen LogP contribution in [0.15, 0.2) is 24.4 Å². The Hall–Kier alpha value is -1.61. The highest BCUT2D eigenvalue weighted by Gasteiger charge is 2.11. The molecule has 0 radical (unpaired) electrons. The zero-order valence-electron chi connectivity index (χ0n) is 14.1. The topological polar surface area (TPSA) is 29.9 Å². The maximum absolute atomic E-state index is 4.64. The second-order valence-corrected chi connectivity index (χ2v) is 6.96. The molecule has 0 saturated heterocycles. The summed E-state index contributed by atoms with van der Waals surface area (Å²) in [6, 6.07) is 6.62. The Morgan fingerprint density at radius 3 is 2.43 bits per heavy atom. The van der Waals surface area contributed by atoms with Crippen LogP contribution in [0, 0.1) is 20.8 Å². The van der Waals surface area contributed by atoms with E-state index in [0.717, 1.165) is 18.8 Å². The van der Waals surface area contributed by atoms with Crippen LogP contribution in [0.5, 0.6) is 0 Å². The summed E-state index contributed by atoms with van der Waals surface area (Å²) < 4.78 is 2.04. The summed E-state index contributed by atoms with van der Waals surface area (Å²) in [5, 5.41) is 8.15. The summed E-state index contributed by atoms with van der Waals surface area (Å²) in [6.07, 6.45) is 2.16. The minimum Gasteiger partial charge on any atom is -0.308 e. The van der Waals surface area contributed by atoms with E-state index in [2.05, 4.69) is 76.4 Å². The Bertz CT molecular complexity index is 618. The molecule has 1 aromatic carbocycles. The van der Waals surface area contributed by atoms with Crippen molar-refractivity contribution in [2.45, 2.75) is 60.2 Å². The molecule has 3 nitrogen and oxygen atoms in total. The fourth-order valence-corrected chi connectivity index (χ4v) is 2.26. The number of hydrogen-bond acceptors (Lipinski definition) is 2. The van der Waals surface area contributed by atoms with Gasteiger partial charge in [-0.1, -0.05) is 18.2 Å². The highest BCUT2D eigenvalue weighted by Crippen LogP contribution is 2.13. The first-order valence-electron chi connectivity index (χ1n) is 7.59. The van der Waals surface area contributed by atoms with E-state index >= 15 is 0 Å². The average Bonchev–Trinajstić information content (AvgIpc) is 2.71. The zero-order chi connectivity index (χ0) is 15.6. The number of nitrogens with zero attached hydrogens (tertiary/aromatic N) is 2. The van der Waals surface area contributed by atoms with Crippen LogP contribution in [-0.2, 0) is 13.1 Å². The second kappa shape index (κ2) is 6.02. The fourth-order valence-electron chi connectivity index (χ4n) is 2.26. The van der Waals surface area contributed by atoms with Gasteiger partial charge in [0.25, 0.3) is 0 Å². The monoisotopic (exact) mass is 285 g/mol. The Labute approximate surface area is 128 Å². The highest BCUT2D eigenvalue weighted by molar-refractivity contribution is 5.30. The highest BCUT2D eigenvalue weighted by atomic mass is 15.3. The number of rotatable bonds is 4. The Balaban J connectivity index is 2.09. The largest absolute Gasteiger partial charge is 0.308 e. The number of benzene rings is 1. The predicted octanol–water partition coefficient (Wildman–Crippen LogP) is 3.74. The molecule has 0 aliphatic heterocycles. The zero-order valence-corrected chi connectivity index (χ0v) is 14.1. The third-order valence-corrected chi connectivity index (χ3v) is 3.77. The lowest BCUT2D eigenvalue weighted by Crippen LogP contribution is -2.35. The molecule has 0 saturated carbocycles. The van der Waals surface area contributed by atoms with Gasteiger partial charge in [-0.25, -0.2) is 0 Å². The standard InChI is InChI=1S/C18H27N3/c1-13-7-8-16(9-14(13)2)11-21-12-17(15(3)20-21)10-19-18(4,5)6/h7-9,12,19H,10-11H2,1-6H3. The second-order valence-electron chi connectivity index (χ2n) is 6.96. The first-order chi connectivity index (χ1) is 9.74. The Kier molecular flexibility index (Phi) is 4.52. The van der Waals surface area contributed by atoms with E-state index < -0.39 is 0 Å². The molecule has 3 heteroatoms. The summed E-state index contributed by atoms with van der Waals surface area (Å²) in [7, 11) is 0. The molecule has 0 aliphatic carbocycles. The van der Waals surface area contributed by atoms with Gasteiger partial charge in [0.2, 0.25) is 0 Å². The SMILES string of the molecule is Cc1ccc(Cn2cc(CNC(C)(C)C)c(C)n2)cc1C. The van der Waals surface area contributed by atoms with E-state index in [1.807, 2.05) is 4.68 Å². The van der Waals surface area contributed by atoms with Gasteiger partial charge in [0.1, 0.15) is 0 Å². The molecule has 2 rings (SSSR count). The molecule has 0 amide bonds. The number of aromatic nitrogens is 2. The first kappa shape index (κ1) is 15.8. The van der Waals surface area contributed by atoms with Gasteiger partial charge in [0, 0.05) is 23.8 Å². The maximum atomic E-state index is 4.64. The van der Waals surface area contributed by atoms with Gasteiger partial charge < -0.3 is 5.32 Å². The first-order valence-corrected chi connectivity index (χ1v) is 7.59. The number of nitrogens with one attached hydrogen (secondary N) is 1. The Morgan fingerprint density at radius 2 is 1.81 bits per heavy atom. The van der Waals surface area contributed by atoms with Gasteiger partial charge in [0.05, 0.1) is 12.2 Å². The van der Waals surface area contributed by atoms with Crippen LogP contribution < -0.4 is 5.32 Å². The van der Waals surface area contributed by atoms with E-state index in [1.54, 1.807) is 0 Å². The lowest BCUT2D eigenvalue weighted by atomic mass is 10.1. The van der Waals surface area contributed by atoms with Crippen LogP contribution in [0.3, 0.4) is 0 Å². The van der Waals surface area contributed by atoms with Crippen LogP contribution in [-0.4, -0.2) is 15.3 Å². The van der Waals surface area contributed by atoms with Crippen LogP contribution in [0.4, 0.5) is 0 Å². The van der Waals surface area contributed by atoms with Crippen molar-refractivity contribution < 1.29 is 0 Å². The average molecular weight is 285 g/mol. The van der Waals surface area contributed by atoms with E-state index in [-0.39, 0.29) is 5.54 Å². The van der Waals surface area contributed by atoms with Crippen molar-refractivity contribution >= 4 is 0 Å². The molecule has 114 valence electrons. The number of aryl methyl sites for hydroxylation is 3. The predicted molar refractivity (Wildman–Crippen MR) is 88.6 cm³/mol. The molecule has 0 unspecified atom stereocenters. The smallest absolute Gasteiger partial charge is 0.0659 e. The van der Waals surface area contributed by atoms with Gasteiger partial charge in [-0.15, -0.1) is 0 Å². The molecule has 0 fully saturated rings. The third kappa shape index (κ3) is 4.43. The quantitative estimate of drug-likeness (QED) is 0.927. The molecule has 0 atom stereocenters. The van der Waals surface area contributed by atoms with Crippen molar-refractivity contribution in [2.75, 3.05) is 0 Å². The van der Waals surface area contributed by atoms with E-state index in [0.29, 0.717) is 0 Å². The summed E-state index contributed by atoms with van der Waals surface area (Å²) >= 11 is 0. The summed E-state index contributed by atoms with van der Waals surface area (Å²) in [5.74, 6) is 0. The minimum absolute atomic E-state index is 0.128. The van der Waals surface area contributed by atoms with Gasteiger partial charge in [-0.2, -0.15) is 5.10 Å². The van der Waals surface area contributed by atoms with Gasteiger partial charge in [-0.05, 0) is 58.2 Å². The summed E-state index contributed by atoms with van der Waals surface area (Å²) in [5.41, 5.74) is 6.49. The van der Waals surface area contributed by atoms with E-state index in [9.17, 15) is 0 Å². The fraction of sp³-hybridized carbons (Fsp3) is 0.500.